The lowest BCUT2D eigenvalue weighted by Crippen LogP contribution is -2.08. The molecule has 0 fully saturated rings. The van der Waals surface area contributed by atoms with Crippen LogP contribution >= 0.6 is 11.3 Å². The fourth-order valence-electron chi connectivity index (χ4n) is 3.60. The zero-order chi connectivity index (χ0) is 16.1. The lowest BCUT2D eigenvalue weighted by Gasteiger charge is -2.18. The van der Waals surface area contributed by atoms with Gasteiger partial charge in [0.2, 0.25) is 5.95 Å². The van der Waals surface area contributed by atoms with Crippen LogP contribution in [0.15, 0.2) is 29.1 Å². The number of aromatic nitrogens is 4. The van der Waals surface area contributed by atoms with E-state index in [9.17, 15) is 0 Å². The second-order valence-corrected chi connectivity index (χ2v) is 7.36. The summed E-state index contributed by atoms with van der Waals surface area (Å²) < 4.78 is 7.19. The van der Waals surface area contributed by atoms with Crippen molar-refractivity contribution in [3.63, 3.8) is 0 Å². The van der Waals surface area contributed by atoms with Gasteiger partial charge < -0.3 is 9.73 Å². The monoisotopic (exact) mass is 339 g/mol. The van der Waals surface area contributed by atoms with Crippen LogP contribution in [0.5, 0.6) is 0 Å². The summed E-state index contributed by atoms with van der Waals surface area (Å²) in [5, 5.41) is 8.88. The van der Waals surface area contributed by atoms with E-state index >= 15 is 0 Å². The van der Waals surface area contributed by atoms with Crippen LogP contribution in [0.2, 0.25) is 0 Å². The number of furan rings is 1. The summed E-state index contributed by atoms with van der Waals surface area (Å²) in [6.45, 7) is 2.88. The largest absolute Gasteiger partial charge is 0.467 e. The summed E-state index contributed by atoms with van der Waals surface area (Å²) in [4.78, 5) is 11.9. The summed E-state index contributed by atoms with van der Waals surface area (Å²) >= 11 is 1.80. The average molecular weight is 339 g/mol. The van der Waals surface area contributed by atoms with Gasteiger partial charge in [0.05, 0.1) is 18.2 Å². The van der Waals surface area contributed by atoms with Crippen LogP contribution in [0.4, 0.5) is 5.95 Å². The SMILES string of the molecule is C[C@@H]1CCCc2sc3nc(NCc4ccco4)n4ncnc4c3c21. The minimum atomic E-state index is 0.562. The van der Waals surface area contributed by atoms with Gasteiger partial charge in [0.15, 0.2) is 5.65 Å². The minimum Gasteiger partial charge on any atom is -0.467 e. The lowest BCUT2D eigenvalue weighted by molar-refractivity contribution is 0.517. The molecule has 1 N–H and O–H groups in total. The van der Waals surface area contributed by atoms with E-state index in [1.165, 1.54) is 28.7 Å². The maximum Gasteiger partial charge on any atom is 0.227 e. The summed E-state index contributed by atoms with van der Waals surface area (Å²) in [5.74, 6) is 2.13. The quantitative estimate of drug-likeness (QED) is 0.611. The molecule has 0 saturated heterocycles. The van der Waals surface area contributed by atoms with E-state index in [4.69, 9.17) is 9.40 Å². The Hall–Kier alpha value is -2.41. The van der Waals surface area contributed by atoms with Crippen LogP contribution in [-0.4, -0.2) is 19.6 Å². The van der Waals surface area contributed by atoms with Gasteiger partial charge in [-0.2, -0.15) is 9.61 Å². The lowest BCUT2D eigenvalue weighted by atomic mass is 9.87. The number of aryl methyl sites for hydroxylation is 1. The molecule has 122 valence electrons. The molecule has 4 heterocycles. The Kier molecular flexibility index (Phi) is 3.09. The Bertz CT molecular complexity index is 1020. The van der Waals surface area contributed by atoms with Crippen molar-refractivity contribution in [2.24, 2.45) is 0 Å². The van der Waals surface area contributed by atoms with Crippen molar-refractivity contribution in [2.45, 2.75) is 38.6 Å². The Labute approximate surface area is 142 Å². The predicted octanol–water partition coefficient (Wildman–Crippen LogP) is 3.98. The van der Waals surface area contributed by atoms with E-state index in [-0.39, 0.29) is 0 Å². The third-order valence-corrected chi connectivity index (χ3v) is 5.88. The first-order valence-electron chi connectivity index (χ1n) is 8.22. The molecule has 7 heteroatoms. The van der Waals surface area contributed by atoms with Gasteiger partial charge in [0, 0.05) is 4.88 Å². The van der Waals surface area contributed by atoms with Crippen LogP contribution in [-0.2, 0) is 13.0 Å². The van der Waals surface area contributed by atoms with Crippen molar-refractivity contribution in [1.29, 1.82) is 0 Å². The number of nitrogens with zero attached hydrogens (tertiary/aromatic N) is 4. The number of fused-ring (bicyclic) bond motifs is 5. The van der Waals surface area contributed by atoms with Gasteiger partial charge in [-0.25, -0.2) is 9.97 Å². The third-order valence-electron chi connectivity index (χ3n) is 4.72. The maximum atomic E-state index is 5.38. The summed E-state index contributed by atoms with van der Waals surface area (Å²) in [6.07, 6.45) is 6.92. The Morgan fingerprint density at radius 3 is 3.29 bits per heavy atom. The topological polar surface area (TPSA) is 68.2 Å². The highest BCUT2D eigenvalue weighted by Gasteiger charge is 2.25. The molecule has 0 unspecified atom stereocenters. The van der Waals surface area contributed by atoms with Gasteiger partial charge in [-0.15, -0.1) is 11.3 Å². The molecule has 0 aromatic carbocycles. The maximum absolute atomic E-state index is 5.38. The van der Waals surface area contributed by atoms with E-state index in [1.807, 2.05) is 12.1 Å². The normalized spacial score (nSPS) is 17.5. The summed E-state index contributed by atoms with van der Waals surface area (Å²) in [5.41, 5.74) is 2.33. The fourth-order valence-corrected chi connectivity index (χ4v) is 4.92. The molecule has 4 aromatic heterocycles. The van der Waals surface area contributed by atoms with Crippen LogP contribution in [0.3, 0.4) is 0 Å². The van der Waals surface area contributed by atoms with Crippen molar-refractivity contribution >= 4 is 33.1 Å². The number of nitrogens with one attached hydrogen (secondary N) is 1. The summed E-state index contributed by atoms with van der Waals surface area (Å²) in [6, 6.07) is 3.82. The molecule has 0 radical (unpaired) electrons. The van der Waals surface area contributed by atoms with Gasteiger partial charge >= 0.3 is 0 Å². The molecule has 1 atom stereocenters. The van der Waals surface area contributed by atoms with Crippen molar-refractivity contribution in [2.75, 3.05) is 5.32 Å². The minimum absolute atomic E-state index is 0.562. The molecule has 5 rings (SSSR count). The predicted molar refractivity (Wildman–Crippen MR) is 93.6 cm³/mol. The molecule has 6 nitrogen and oxygen atoms in total. The van der Waals surface area contributed by atoms with Crippen molar-refractivity contribution in [3.05, 3.63) is 40.9 Å². The highest BCUT2D eigenvalue weighted by Crippen LogP contribution is 2.43. The van der Waals surface area contributed by atoms with E-state index in [2.05, 4.69) is 22.3 Å². The molecule has 0 amide bonds. The zero-order valence-electron chi connectivity index (χ0n) is 13.3. The first kappa shape index (κ1) is 14.0. The van der Waals surface area contributed by atoms with E-state index in [1.54, 1.807) is 28.4 Å². The smallest absolute Gasteiger partial charge is 0.227 e. The molecule has 1 aliphatic carbocycles. The number of anilines is 1. The van der Waals surface area contributed by atoms with Crippen molar-refractivity contribution < 1.29 is 4.42 Å². The first-order chi connectivity index (χ1) is 11.8. The molecule has 0 aliphatic heterocycles. The number of rotatable bonds is 3. The van der Waals surface area contributed by atoms with Gasteiger partial charge in [0.1, 0.15) is 16.9 Å². The average Bonchev–Trinajstić information content (AvgIpc) is 3.30. The van der Waals surface area contributed by atoms with E-state index in [0.29, 0.717) is 18.4 Å². The molecule has 1 aliphatic rings. The van der Waals surface area contributed by atoms with Crippen LogP contribution in [0.25, 0.3) is 15.9 Å². The molecule has 0 spiro atoms. The molecule has 0 saturated carbocycles. The highest BCUT2D eigenvalue weighted by atomic mass is 32.1. The van der Waals surface area contributed by atoms with Gasteiger partial charge in [-0.05, 0) is 42.9 Å². The molecular formula is C17H17N5OS. The fraction of sp³-hybridized carbons (Fsp3) is 0.353. The second-order valence-electron chi connectivity index (χ2n) is 6.28. The zero-order valence-corrected chi connectivity index (χ0v) is 14.1. The second kappa shape index (κ2) is 5.31. The highest BCUT2D eigenvalue weighted by molar-refractivity contribution is 7.19. The number of thiophene rings is 1. The van der Waals surface area contributed by atoms with Crippen LogP contribution in [0.1, 0.15) is 41.9 Å². The van der Waals surface area contributed by atoms with Crippen molar-refractivity contribution in [1.82, 2.24) is 19.6 Å². The van der Waals surface area contributed by atoms with Crippen molar-refractivity contribution in [3.8, 4) is 0 Å². The van der Waals surface area contributed by atoms with Crippen LogP contribution in [0, 0.1) is 0 Å². The first-order valence-corrected chi connectivity index (χ1v) is 9.04. The standard InChI is InChI=1S/C17H17N5OS/c1-10-4-2-6-12-13(10)14-15-19-9-20-22(15)17(21-16(14)24-12)18-8-11-5-3-7-23-11/h3,5,7,9-10H,2,4,6,8H2,1H3,(H,18,21)/t10-/m1/s1. The molecule has 24 heavy (non-hydrogen) atoms. The number of hydrogen-bond acceptors (Lipinski definition) is 6. The van der Waals surface area contributed by atoms with E-state index < -0.39 is 0 Å². The number of hydrogen-bond donors (Lipinski definition) is 1. The van der Waals surface area contributed by atoms with Gasteiger partial charge in [-0.1, -0.05) is 6.92 Å². The Morgan fingerprint density at radius 1 is 1.46 bits per heavy atom. The molecule has 0 bridgehead atoms. The molecule has 4 aromatic rings. The Balaban J connectivity index is 1.67. The summed E-state index contributed by atoms with van der Waals surface area (Å²) in [7, 11) is 0. The molecular weight excluding hydrogens is 322 g/mol. The van der Waals surface area contributed by atoms with Crippen LogP contribution < -0.4 is 5.32 Å². The Morgan fingerprint density at radius 2 is 2.42 bits per heavy atom. The van der Waals surface area contributed by atoms with Gasteiger partial charge in [0.25, 0.3) is 0 Å². The van der Waals surface area contributed by atoms with E-state index in [0.717, 1.165) is 22.7 Å². The third kappa shape index (κ3) is 2.04. The van der Waals surface area contributed by atoms with Gasteiger partial charge in [-0.3, -0.25) is 0 Å².